The molecular weight excluding hydrogens is 394 g/mol. The molecule has 4 fully saturated rings. The zero-order valence-electron chi connectivity index (χ0n) is 17.9. The smallest absolute Gasteiger partial charge is 0.330 e. The van der Waals surface area contributed by atoms with E-state index in [9.17, 15) is 4.79 Å². The van der Waals surface area contributed by atoms with E-state index in [2.05, 4.69) is 28.8 Å². The van der Waals surface area contributed by atoms with Crippen molar-refractivity contribution in [2.45, 2.75) is 70.4 Å². The summed E-state index contributed by atoms with van der Waals surface area (Å²) in [5.74, 6) is 3.30. The number of aromatic nitrogens is 3. The molecule has 1 heterocycles. The van der Waals surface area contributed by atoms with E-state index in [1.54, 1.807) is 4.68 Å². The zero-order chi connectivity index (χ0) is 20.9. The Labute approximate surface area is 183 Å². The molecule has 4 saturated carbocycles. The van der Waals surface area contributed by atoms with Crippen LogP contribution in [0.3, 0.4) is 0 Å². The van der Waals surface area contributed by atoms with Gasteiger partial charge in [0, 0.05) is 5.41 Å². The van der Waals surface area contributed by atoms with Crippen LogP contribution in [0.15, 0.2) is 30.3 Å². The fourth-order valence-corrected chi connectivity index (χ4v) is 7.06. The lowest BCUT2D eigenvalue weighted by atomic mass is 9.49. The lowest BCUT2D eigenvalue weighted by molar-refractivity contribution is -0.146. The number of nitrogens with zero attached hydrogens (tertiary/aromatic N) is 3. The Morgan fingerprint density at radius 3 is 2.33 bits per heavy atom. The van der Waals surface area contributed by atoms with E-state index in [4.69, 9.17) is 22.1 Å². The molecular formula is C24H31N3O2S. The monoisotopic (exact) mass is 425 g/mol. The van der Waals surface area contributed by atoms with Gasteiger partial charge in [-0.25, -0.2) is 9.48 Å². The summed E-state index contributed by atoms with van der Waals surface area (Å²) in [6, 6.07) is 9.93. The van der Waals surface area contributed by atoms with Gasteiger partial charge in [-0.15, -0.1) is 0 Å². The number of carbonyl (C=O) groups excluding carboxylic acids is 1. The Hall–Kier alpha value is -1.95. The van der Waals surface area contributed by atoms with E-state index in [-0.39, 0.29) is 11.4 Å². The molecule has 5 nitrogen and oxygen atoms in total. The molecule has 0 amide bonds. The summed E-state index contributed by atoms with van der Waals surface area (Å²) in [4.78, 5) is 12.5. The molecule has 0 aliphatic heterocycles. The Bertz CT molecular complexity index is 958. The van der Waals surface area contributed by atoms with Crippen LogP contribution in [-0.2, 0) is 21.5 Å². The lowest BCUT2D eigenvalue weighted by Crippen LogP contribution is -2.49. The van der Waals surface area contributed by atoms with Crippen LogP contribution in [0.2, 0.25) is 0 Å². The van der Waals surface area contributed by atoms with Gasteiger partial charge >= 0.3 is 5.97 Å². The second-order valence-corrected chi connectivity index (χ2v) is 10.1. The molecule has 1 unspecified atom stereocenters. The molecule has 160 valence electrons. The van der Waals surface area contributed by atoms with Crippen LogP contribution in [-0.4, -0.2) is 26.9 Å². The van der Waals surface area contributed by atoms with Gasteiger partial charge < -0.3 is 4.74 Å². The van der Waals surface area contributed by atoms with Crippen molar-refractivity contribution in [3.8, 4) is 0 Å². The van der Waals surface area contributed by atoms with Crippen LogP contribution in [0.1, 0.15) is 69.8 Å². The number of hydrogen-bond donors (Lipinski definition) is 0. The highest BCUT2D eigenvalue weighted by atomic mass is 32.1. The predicted molar refractivity (Wildman–Crippen MR) is 118 cm³/mol. The van der Waals surface area contributed by atoms with Gasteiger partial charge in [-0.3, -0.25) is 4.57 Å². The normalized spacial score (nSPS) is 30.4. The molecule has 30 heavy (non-hydrogen) atoms. The van der Waals surface area contributed by atoms with Gasteiger partial charge in [0.25, 0.3) is 0 Å². The average molecular weight is 426 g/mol. The van der Waals surface area contributed by atoms with E-state index >= 15 is 0 Å². The van der Waals surface area contributed by atoms with Gasteiger partial charge in [0.2, 0.25) is 0 Å². The summed E-state index contributed by atoms with van der Waals surface area (Å²) >= 11 is 5.90. The molecule has 0 radical (unpaired) electrons. The first-order valence-electron chi connectivity index (χ1n) is 11.4. The van der Waals surface area contributed by atoms with Crippen molar-refractivity contribution < 1.29 is 9.53 Å². The third kappa shape index (κ3) is 3.33. The standard InChI is InChI=1S/C24H31N3O2S/c1-3-29-21(28)16(2)27-23(30)26(15-17-7-5-4-6-8-17)22(25-27)24-12-18-9-19(13-24)11-20(10-18)14-24/h4-8,16,18-20H,3,9-15H2,1-2H3. The summed E-state index contributed by atoms with van der Waals surface area (Å²) < 4.78 is 9.86. The Kier molecular flexibility index (Phi) is 5.08. The number of esters is 1. The maximum atomic E-state index is 12.5. The molecule has 0 N–H and O–H groups in total. The minimum atomic E-state index is -0.512. The maximum absolute atomic E-state index is 12.5. The topological polar surface area (TPSA) is 49.1 Å². The molecule has 1 aromatic carbocycles. The summed E-state index contributed by atoms with van der Waals surface area (Å²) in [6.45, 7) is 4.74. The van der Waals surface area contributed by atoms with E-state index in [0.29, 0.717) is 17.9 Å². The van der Waals surface area contributed by atoms with Gasteiger partial charge in [0.15, 0.2) is 4.77 Å². The van der Waals surface area contributed by atoms with Crippen LogP contribution in [0, 0.1) is 22.5 Å². The Balaban J connectivity index is 1.59. The van der Waals surface area contributed by atoms with Gasteiger partial charge in [-0.1, -0.05) is 30.3 Å². The highest BCUT2D eigenvalue weighted by molar-refractivity contribution is 7.71. The average Bonchev–Trinajstić information content (AvgIpc) is 3.04. The molecule has 4 aliphatic carbocycles. The van der Waals surface area contributed by atoms with Crippen molar-refractivity contribution in [3.63, 3.8) is 0 Å². The molecule has 0 spiro atoms. The lowest BCUT2D eigenvalue weighted by Gasteiger charge is -2.56. The zero-order valence-corrected chi connectivity index (χ0v) is 18.7. The van der Waals surface area contributed by atoms with Crippen molar-refractivity contribution >= 4 is 18.2 Å². The Morgan fingerprint density at radius 1 is 1.17 bits per heavy atom. The number of rotatable bonds is 6. The first kappa shape index (κ1) is 20.0. The van der Waals surface area contributed by atoms with Crippen LogP contribution in [0.25, 0.3) is 0 Å². The number of carbonyl (C=O) groups is 1. The van der Waals surface area contributed by atoms with Crippen molar-refractivity contribution in [1.82, 2.24) is 14.3 Å². The van der Waals surface area contributed by atoms with Gasteiger partial charge in [0.05, 0.1) is 13.2 Å². The van der Waals surface area contributed by atoms with Crippen molar-refractivity contribution in [2.24, 2.45) is 17.8 Å². The summed E-state index contributed by atoms with van der Waals surface area (Å²) in [6.07, 6.45) is 7.81. The minimum Gasteiger partial charge on any atom is -0.464 e. The molecule has 1 aromatic heterocycles. The van der Waals surface area contributed by atoms with Crippen molar-refractivity contribution in [3.05, 3.63) is 46.5 Å². The molecule has 4 aliphatic rings. The summed E-state index contributed by atoms with van der Waals surface area (Å²) in [5, 5.41) is 5.07. The summed E-state index contributed by atoms with van der Waals surface area (Å²) in [7, 11) is 0. The molecule has 2 aromatic rings. The van der Waals surface area contributed by atoms with E-state index in [1.807, 2.05) is 19.9 Å². The van der Waals surface area contributed by atoms with Crippen LogP contribution < -0.4 is 0 Å². The number of ether oxygens (including phenoxy) is 1. The van der Waals surface area contributed by atoms with Gasteiger partial charge in [-0.05, 0) is 87.9 Å². The second-order valence-electron chi connectivity index (χ2n) is 9.75. The van der Waals surface area contributed by atoms with E-state index in [0.717, 1.165) is 23.6 Å². The van der Waals surface area contributed by atoms with Crippen LogP contribution >= 0.6 is 12.2 Å². The molecule has 6 heteroatoms. The van der Waals surface area contributed by atoms with Crippen LogP contribution in [0.4, 0.5) is 0 Å². The van der Waals surface area contributed by atoms with Crippen LogP contribution in [0.5, 0.6) is 0 Å². The maximum Gasteiger partial charge on any atom is 0.330 e. The predicted octanol–water partition coefficient (Wildman–Crippen LogP) is 5.05. The third-order valence-corrected chi connectivity index (χ3v) is 7.98. The number of benzene rings is 1. The van der Waals surface area contributed by atoms with E-state index in [1.165, 1.54) is 44.1 Å². The van der Waals surface area contributed by atoms with Gasteiger partial charge in [-0.2, -0.15) is 5.10 Å². The molecule has 6 rings (SSSR count). The fourth-order valence-electron chi connectivity index (χ4n) is 6.71. The van der Waals surface area contributed by atoms with E-state index < -0.39 is 6.04 Å². The van der Waals surface area contributed by atoms with Crippen molar-refractivity contribution in [2.75, 3.05) is 6.61 Å². The Morgan fingerprint density at radius 2 is 1.77 bits per heavy atom. The summed E-state index contributed by atoms with van der Waals surface area (Å²) in [5.41, 5.74) is 1.32. The minimum absolute atomic E-state index is 0.108. The largest absolute Gasteiger partial charge is 0.464 e. The second kappa shape index (κ2) is 7.63. The first-order valence-corrected chi connectivity index (χ1v) is 11.8. The molecule has 0 saturated heterocycles. The fraction of sp³-hybridized carbons (Fsp3) is 0.625. The van der Waals surface area contributed by atoms with Crippen molar-refractivity contribution in [1.29, 1.82) is 0 Å². The SMILES string of the molecule is CCOC(=O)C(C)n1nc(C23CC4CC(CC(C4)C2)C3)n(Cc2ccccc2)c1=S. The van der Waals surface area contributed by atoms with Gasteiger partial charge in [0.1, 0.15) is 11.9 Å². The number of hydrogen-bond acceptors (Lipinski definition) is 4. The highest BCUT2D eigenvalue weighted by Gasteiger charge is 2.54. The quantitative estimate of drug-likeness (QED) is 0.480. The third-order valence-electron chi connectivity index (χ3n) is 7.58. The highest BCUT2D eigenvalue weighted by Crippen LogP contribution is 2.60. The molecule has 1 atom stereocenters. The first-order chi connectivity index (χ1) is 14.5. The molecule has 4 bridgehead atoms.